The second-order valence-electron chi connectivity index (χ2n) is 5.51. The van der Waals surface area contributed by atoms with Gasteiger partial charge in [0.05, 0.1) is 7.11 Å². The molecule has 0 aliphatic carbocycles. The number of rotatable bonds is 6. The van der Waals surface area contributed by atoms with Gasteiger partial charge in [-0.2, -0.15) is 0 Å². The number of aryl methyl sites for hydroxylation is 1. The third-order valence-corrected chi connectivity index (χ3v) is 5.00. The molecule has 124 valence electrons. The summed E-state index contributed by atoms with van der Waals surface area (Å²) in [6.07, 6.45) is 0. The van der Waals surface area contributed by atoms with Crippen LogP contribution in [0.5, 0.6) is 5.75 Å². The van der Waals surface area contributed by atoms with Crippen LogP contribution < -0.4 is 15.2 Å². The first-order valence-corrected chi connectivity index (χ1v) is 8.80. The number of nitrogens with two attached hydrogens (primary N) is 1. The molecule has 0 bridgehead atoms. The Kier molecular flexibility index (Phi) is 5.41. The van der Waals surface area contributed by atoms with E-state index in [1.54, 1.807) is 12.1 Å². The van der Waals surface area contributed by atoms with E-state index >= 15 is 0 Å². The van der Waals surface area contributed by atoms with Gasteiger partial charge in [0, 0.05) is 12.6 Å². The first-order valence-electron chi connectivity index (χ1n) is 7.32. The number of methoxy groups -OCH3 is 1. The smallest absolute Gasteiger partial charge is 0.244 e. The highest BCUT2D eigenvalue weighted by Gasteiger charge is 2.19. The number of ether oxygens (including phenoxy) is 1. The van der Waals surface area contributed by atoms with Crippen molar-refractivity contribution in [3.63, 3.8) is 0 Å². The fraction of sp³-hybridized carbons (Fsp3) is 0.294. The average Bonchev–Trinajstić information content (AvgIpc) is 2.53. The van der Waals surface area contributed by atoms with E-state index in [1.807, 2.05) is 44.2 Å². The summed E-state index contributed by atoms with van der Waals surface area (Å²) in [4.78, 5) is 0.146. The van der Waals surface area contributed by atoms with Gasteiger partial charge < -0.3 is 10.5 Å². The molecule has 1 atom stereocenters. The summed E-state index contributed by atoms with van der Waals surface area (Å²) < 4.78 is 32.8. The molecule has 2 aromatic rings. The van der Waals surface area contributed by atoms with Crippen LogP contribution >= 0.6 is 0 Å². The van der Waals surface area contributed by atoms with Gasteiger partial charge in [0.15, 0.2) is 0 Å². The Hall–Kier alpha value is -1.89. The Bertz CT molecular complexity index is 769. The van der Waals surface area contributed by atoms with Crippen LogP contribution in [0.3, 0.4) is 0 Å². The minimum atomic E-state index is -3.65. The van der Waals surface area contributed by atoms with Crippen molar-refractivity contribution in [3.05, 3.63) is 59.2 Å². The van der Waals surface area contributed by atoms with Crippen molar-refractivity contribution in [1.82, 2.24) is 4.72 Å². The zero-order valence-electron chi connectivity index (χ0n) is 13.5. The van der Waals surface area contributed by atoms with Crippen LogP contribution in [0.4, 0.5) is 0 Å². The molecular formula is C17H22N2O3S. The standard InChI is InChI=1S/C17H22N2O3S/c1-12-4-9-16(22-3)17(10-12)23(20,21)19-11-14-5-7-15(8-6-14)13(2)18/h4-10,13,19H,11,18H2,1-3H3. The molecule has 1 unspecified atom stereocenters. The Morgan fingerprint density at radius 1 is 1.17 bits per heavy atom. The van der Waals surface area contributed by atoms with E-state index in [9.17, 15) is 8.42 Å². The van der Waals surface area contributed by atoms with Gasteiger partial charge in [-0.15, -0.1) is 0 Å². The molecule has 0 spiro atoms. The molecule has 0 radical (unpaired) electrons. The summed E-state index contributed by atoms with van der Waals surface area (Å²) in [7, 11) is -2.20. The molecule has 3 N–H and O–H groups in total. The van der Waals surface area contributed by atoms with Crippen molar-refractivity contribution in [2.24, 2.45) is 5.73 Å². The highest BCUT2D eigenvalue weighted by Crippen LogP contribution is 2.24. The van der Waals surface area contributed by atoms with Crippen LogP contribution in [-0.2, 0) is 16.6 Å². The molecule has 0 heterocycles. The summed E-state index contributed by atoms with van der Waals surface area (Å²) in [6.45, 7) is 3.95. The minimum absolute atomic E-state index is 0.0442. The van der Waals surface area contributed by atoms with Gasteiger partial charge in [-0.3, -0.25) is 0 Å². The van der Waals surface area contributed by atoms with E-state index in [2.05, 4.69) is 4.72 Å². The van der Waals surface area contributed by atoms with E-state index in [-0.39, 0.29) is 17.5 Å². The summed E-state index contributed by atoms with van der Waals surface area (Å²) in [6, 6.07) is 12.6. The molecule has 0 aliphatic rings. The lowest BCUT2D eigenvalue weighted by atomic mass is 10.1. The predicted molar refractivity (Wildman–Crippen MR) is 90.8 cm³/mol. The topological polar surface area (TPSA) is 81.4 Å². The van der Waals surface area contributed by atoms with Crippen LogP contribution in [0, 0.1) is 6.92 Å². The van der Waals surface area contributed by atoms with E-state index < -0.39 is 10.0 Å². The average molecular weight is 334 g/mol. The summed E-state index contributed by atoms with van der Waals surface area (Å²) in [5, 5.41) is 0. The quantitative estimate of drug-likeness (QED) is 0.850. The normalized spacial score (nSPS) is 12.9. The molecule has 0 fully saturated rings. The monoisotopic (exact) mass is 334 g/mol. The first-order chi connectivity index (χ1) is 10.8. The maximum absolute atomic E-state index is 12.5. The van der Waals surface area contributed by atoms with Gasteiger partial charge in [0.25, 0.3) is 0 Å². The number of sulfonamides is 1. The zero-order valence-corrected chi connectivity index (χ0v) is 14.4. The molecule has 0 saturated carbocycles. The Morgan fingerprint density at radius 3 is 2.39 bits per heavy atom. The van der Waals surface area contributed by atoms with Gasteiger partial charge in [0.1, 0.15) is 10.6 Å². The molecule has 0 aliphatic heterocycles. The minimum Gasteiger partial charge on any atom is -0.495 e. The van der Waals surface area contributed by atoms with Crippen molar-refractivity contribution < 1.29 is 13.2 Å². The van der Waals surface area contributed by atoms with Crippen molar-refractivity contribution >= 4 is 10.0 Å². The maximum Gasteiger partial charge on any atom is 0.244 e. The number of nitrogens with one attached hydrogen (secondary N) is 1. The molecule has 5 nitrogen and oxygen atoms in total. The zero-order chi connectivity index (χ0) is 17.0. The van der Waals surface area contributed by atoms with E-state index in [4.69, 9.17) is 10.5 Å². The maximum atomic E-state index is 12.5. The highest BCUT2D eigenvalue weighted by atomic mass is 32.2. The first kappa shape index (κ1) is 17.5. The summed E-state index contributed by atoms with van der Waals surface area (Å²) in [5.41, 5.74) is 8.53. The van der Waals surface area contributed by atoms with Crippen molar-refractivity contribution in [2.75, 3.05) is 7.11 Å². The van der Waals surface area contributed by atoms with Crippen LogP contribution in [0.15, 0.2) is 47.4 Å². The van der Waals surface area contributed by atoms with Crippen LogP contribution in [0.2, 0.25) is 0 Å². The van der Waals surface area contributed by atoms with Crippen LogP contribution in [-0.4, -0.2) is 15.5 Å². The van der Waals surface area contributed by atoms with Crippen LogP contribution in [0.25, 0.3) is 0 Å². The second-order valence-corrected chi connectivity index (χ2v) is 7.24. The molecule has 6 heteroatoms. The molecule has 2 rings (SSSR count). The SMILES string of the molecule is COc1ccc(C)cc1S(=O)(=O)NCc1ccc(C(C)N)cc1. The van der Waals surface area contributed by atoms with Gasteiger partial charge in [0.2, 0.25) is 10.0 Å². The lowest BCUT2D eigenvalue weighted by molar-refractivity contribution is 0.402. The molecule has 0 saturated heterocycles. The van der Waals surface area contributed by atoms with Gasteiger partial charge in [-0.25, -0.2) is 13.1 Å². The number of hydrogen-bond donors (Lipinski definition) is 2. The fourth-order valence-electron chi connectivity index (χ4n) is 2.19. The molecule has 0 amide bonds. The number of benzene rings is 2. The van der Waals surface area contributed by atoms with Crippen molar-refractivity contribution in [2.45, 2.75) is 31.3 Å². The van der Waals surface area contributed by atoms with Crippen molar-refractivity contribution in [3.8, 4) is 5.75 Å². The van der Waals surface area contributed by atoms with E-state index in [0.29, 0.717) is 5.75 Å². The number of hydrogen-bond acceptors (Lipinski definition) is 4. The Balaban J connectivity index is 2.17. The molecular weight excluding hydrogens is 312 g/mol. The van der Waals surface area contributed by atoms with Crippen LogP contribution in [0.1, 0.15) is 29.7 Å². The van der Waals surface area contributed by atoms with Crippen molar-refractivity contribution in [1.29, 1.82) is 0 Å². The predicted octanol–water partition coefficient (Wildman–Crippen LogP) is 2.50. The third kappa shape index (κ3) is 4.31. The van der Waals surface area contributed by atoms with Gasteiger partial charge in [-0.1, -0.05) is 30.3 Å². The highest BCUT2D eigenvalue weighted by molar-refractivity contribution is 7.89. The van der Waals surface area contributed by atoms with Gasteiger partial charge >= 0.3 is 0 Å². The lowest BCUT2D eigenvalue weighted by Gasteiger charge is -2.12. The van der Waals surface area contributed by atoms with E-state index in [0.717, 1.165) is 16.7 Å². The third-order valence-electron chi connectivity index (χ3n) is 3.58. The molecule has 23 heavy (non-hydrogen) atoms. The lowest BCUT2D eigenvalue weighted by Crippen LogP contribution is -2.24. The Morgan fingerprint density at radius 2 is 1.83 bits per heavy atom. The summed E-state index contributed by atoms with van der Waals surface area (Å²) >= 11 is 0. The second kappa shape index (κ2) is 7.12. The summed E-state index contributed by atoms with van der Waals surface area (Å²) in [5.74, 6) is 0.329. The fourth-order valence-corrected chi connectivity index (χ4v) is 3.46. The molecule has 0 aromatic heterocycles. The van der Waals surface area contributed by atoms with Gasteiger partial charge in [-0.05, 0) is 42.7 Å². The van der Waals surface area contributed by atoms with E-state index in [1.165, 1.54) is 7.11 Å². The Labute approximate surface area is 137 Å². The largest absolute Gasteiger partial charge is 0.495 e. The molecule has 2 aromatic carbocycles.